The van der Waals surface area contributed by atoms with Crippen molar-refractivity contribution in [2.45, 2.75) is 19.5 Å². The van der Waals surface area contributed by atoms with Crippen LogP contribution in [0.1, 0.15) is 24.1 Å². The summed E-state index contributed by atoms with van der Waals surface area (Å²) in [6.07, 6.45) is 0. The van der Waals surface area contributed by atoms with Crippen molar-refractivity contribution in [1.82, 2.24) is 20.4 Å². The van der Waals surface area contributed by atoms with Gasteiger partial charge in [0.1, 0.15) is 5.82 Å². The predicted molar refractivity (Wildman–Crippen MR) is 123 cm³/mol. The molecule has 2 N–H and O–H groups in total. The SMILES string of the molecule is CCOC(=O)C1=C(CN2CCN(Cc3ccccc3)CC2)NC(=O)N[C@@H]1c1cccc(F)c1. The lowest BCUT2D eigenvalue weighted by molar-refractivity contribution is -0.139. The lowest BCUT2D eigenvalue weighted by Crippen LogP contribution is -2.51. The number of hydrogen-bond acceptors (Lipinski definition) is 5. The molecule has 2 amide bonds. The van der Waals surface area contributed by atoms with Gasteiger partial charge in [0.05, 0.1) is 18.2 Å². The minimum absolute atomic E-state index is 0.206. The Labute approximate surface area is 193 Å². The molecule has 0 radical (unpaired) electrons. The summed E-state index contributed by atoms with van der Waals surface area (Å²) in [5.74, 6) is -0.948. The van der Waals surface area contributed by atoms with Crippen molar-refractivity contribution >= 4 is 12.0 Å². The average Bonchev–Trinajstić information content (AvgIpc) is 2.81. The monoisotopic (exact) mass is 452 g/mol. The highest BCUT2D eigenvalue weighted by atomic mass is 19.1. The number of carbonyl (C=O) groups excluding carboxylic acids is 2. The highest BCUT2D eigenvalue weighted by Crippen LogP contribution is 2.28. The van der Waals surface area contributed by atoms with Crippen molar-refractivity contribution in [1.29, 1.82) is 0 Å². The highest BCUT2D eigenvalue weighted by Gasteiger charge is 2.34. The standard InChI is InChI=1S/C25H29FN4O3/c1-2-33-24(31)22-21(27-25(32)28-23(22)19-9-6-10-20(26)15-19)17-30-13-11-29(12-14-30)16-18-7-4-3-5-8-18/h3-10,15,23H,2,11-14,16-17H2,1H3,(H2,27,28,32)/t23-/m1/s1. The zero-order valence-electron chi connectivity index (χ0n) is 18.7. The maximum Gasteiger partial charge on any atom is 0.338 e. The summed E-state index contributed by atoms with van der Waals surface area (Å²) in [6, 6.07) is 15.1. The molecule has 0 spiro atoms. The molecule has 1 saturated heterocycles. The lowest BCUT2D eigenvalue weighted by Gasteiger charge is -2.37. The van der Waals surface area contributed by atoms with Crippen LogP contribution in [-0.2, 0) is 16.1 Å². The van der Waals surface area contributed by atoms with E-state index in [9.17, 15) is 14.0 Å². The van der Waals surface area contributed by atoms with E-state index in [2.05, 4.69) is 32.6 Å². The first-order valence-electron chi connectivity index (χ1n) is 11.2. The van der Waals surface area contributed by atoms with Gasteiger partial charge in [0, 0.05) is 45.0 Å². The third-order valence-corrected chi connectivity index (χ3v) is 5.93. The van der Waals surface area contributed by atoms with Gasteiger partial charge in [-0.05, 0) is 30.2 Å². The number of nitrogens with one attached hydrogen (secondary N) is 2. The second-order valence-electron chi connectivity index (χ2n) is 8.24. The average molecular weight is 453 g/mol. The number of piperazine rings is 1. The topological polar surface area (TPSA) is 73.9 Å². The number of carbonyl (C=O) groups is 2. The van der Waals surface area contributed by atoms with Crippen molar-refractivity contribution < 1.29 is 18.7 Å². The van der Waals surface area contributed by atoms with Gasteiger partial charge in [0.15, 0.2) is 0 Å². The van der Waals surface area contributed by atoms with E-state index in [1.54, 1.807) is 19.1 Å². The van der Waals surface area contributed by atoms with Crippen LogP contribution in [0.5, 0.6) is 0 Å². The first-order valence-corrected chi connectivity index (χ1v) is 11.2. The van der Waals surface area contributed by atoms with E-state index in [4.69, 9.17) is 4.74 Å². The van der Waals surface area contributed by atoms with Gasteiger partial charge < -0.3 is 15.4 Å². The van der Waals surface area contributed by atoms with E-state index in [1.165, 1.54) is 17.7 Å². The van der Waals surface area contributed by atoms with E-state index in [-0.39, 0.29) is 6.61 Å². The fourth-order valence-corrected chi connectivity index (χ4v) is 4.30. The quantitative estimate of drug-likeness (QED) is 0.632. The molecule has 0 saturated carbocycles. The smallest absolute Gasteiger partial charge is 0.338 e. The number of urea groups is 1. The summed E-state index contributed by atoms with van der Waals surface area (Å²) < 4.78 is 19.2. The van der Waals surface area contributed by atoms with E-state index >= 15 is 0 Å². The molecule has 2 aliphatic heterocycles. The Hall–Kier alpha value is -3.23. The molecule has 1 atom stereocenters. The molecule has 2 aliphatic rings. The van der Waals surface area contributed by atoms with Crippen LogP contribution >= 0.6 is 0 Å². The Morgan fingerprint density at radius 2 is 1.73 bits per heavy atom. The second-order valence-corrected chi connectivity index (χ2v) is 8.24. The van der Waals surface area contributed by atoms with Crippen LogP contribution in [0.2, 0.25) is 0 Å². The van der Waals surface area contributed by atoms with Gasteiger partial charge in [0.2, 0.25) is 0 Å². The molecule has 7 nitrogen and oxygen atoms in total. The Morgan fingerprint density at radius 1 is 1.03 bits per heavy atom. The molecular formula is C25H29FN4O3. The van der Waals surface area contributed by atoms with Crippen LogP contribution in [0.15, 0.2) is 65.9 Å². The molecule has 8 heteroatoms. The maximum atomic E-state index is 13.9. The zero-order chi connectivity index (χ0) is 23.2. The van der Waals surface area contributed by atoms with Crippen LogP contribution in [0, 0.1) is 5.82 Å². The number of esters is 1. The van der Waals surface area contributed by atoms with Gasteiger partial charge in [-0.3, -0.25) is 9.80 Å². The van der Waals surface area contributed by atoms with Crippen LogP contribution in [0.4, 0.5) is 9.18 Å². The first-order chi connectivity index (χ1) is 16.0. The van der Waals surface area contributed by atoms with E-state index < -0.39 is 23.9 Å². The number of halogens is 1. The predicted octanol–water partition coefficient (Wildman–Crippen LogP) is 2.81. The number of ether oxygens (including phenoxy) is 1. The summed E-state index contributed by atoms with van der Waals surface area (Å²) >= 11 is 0. The molecular weight excluding hydrogens is 423 g/mol. The summed E-state index contributed by atoms with van der Waals surface area (Å²) in [5, 5.41) is 5.55. The molecule has 2 heterocycles. The van der Waals surface area contributed by atoms with Crippen molar-refractivity contribution in [3.8, 4) is 0 Å². The van der Waals surface area contributed by atoms with Gasteiger partial charge in [-0.2, -0.15) is 0 Å². The van der Waals surface area contributed by atoms with Crippen molar-refractivity contribution in [3.63, 3.8) is 0 Å². The molecule has 0 aromatic heterocycles. The molecule has 174 valence electrons. The van der Waals surface area contributed by atoms with Gasteiger partial charge in [-0.1, -0.05) is 42.5 Å². The largest absolute Gasteiger partial charge is 0.463 e. The first kappa shape index (κ1) is 22.9. The zero-order valence-corrected chi connectivity index (χ0v) is 18.7. The Bertz CT molecular complexity index is 1020. The number of nitrogens with zero attached hydrogens (tertiary/aromatic N) is 2. The summed E-state index contributed by atoms with van der Waals surface area (Å²) in [6.45, 7) is 6.63. The molecule has 0 aliphatic carbocycles. The van der Waals surface area contributed by atoms with Crippen LogP contribution in [0.25, 0.3) is 0 Å². The minimum Gasteiger partial charge on any atom is -0.463 e. The summed E-state index contributed by atoms with van der Waals surface area (Å²) in [4.78, 5) is 29.9. The third-order valence-electron chi connectivity index (χ3n) is 5.93. The molecule has 1 fully saturated rings. The van der Waals surface area contributed by atoms with Gasteiger partial charge in [-0.15, -0.1) is 0 Å². The highest BCUT2D eigenvalue weighted by molar-refractivity contribution is 5.95. The number of amides is 2. The Morgan fingerprint density at radius 3 is 2.39 bits per heavy atom. The second kappa shape index (κ2) is 10.6. The van der Waals surface area contributed by atoms with E-state index in [0.29, 0.717) is 23.4 Å². The van der Waals surface area contributed by atoms with Gasteiger partial charge in [0.25, 0.3) is 0 Å². The fraction of sp³-hybridized carbons (Fsp3) is 0.360. The van der Waals surface area contributed by atoms with Crippen molar-refractivity contribution in [2.75, 3.05) is 39.3 Å². The molecule has 33 heavy (non-hydrogen) atoms. The summed E-state index contributed by atoms with van der Waals surface area (Å²) in [5.41, 5.74) is 2.59. The number of benzene rings is 2. The Kier molecular flexibility index (Phi) is 7.36. The molecule has 0 unspecified atom stereocenters. The summed E-state index contributed by atoms with van der Waals surface area (Å²) in [7, 11) is 0. The Balaban J connectivity index is 1.51. The van der Waals surface area contributed by atoms with Crippen molar-refractivity contribution in [2.24, 2.45) is 0 Å². The van der Waals surface area contributed by atoms with Gasteiger partial charge >= 0.3 is 12.0 Å². The van der Waals surface area contributed by atoms with Gasteiger partial charge in [-0.25, -0.2) is 14.0 Å². The molecule has 2 aromatic carbocycles. The van der Waals surface area contributed by atoms with Crippen molar-refractivity contribution in [3.05, 3.63) is 82.8 Å². The molecule has 2 aromatic rings. The lowest BCUT2D eigenvalue weighted by atomic mass is 9.94. The minimum atomic E-state index is -0.775. The third kappa shape index (κ3) is 5.77. The van der Waals surface area contributed by atoms with Crippen LogP contribution in [0.3, 0.4) is 0 Å². The van der Waals surface area contributed by atoms with Crippen LogP contribution < -0.4 is 10.6 Å². The number of hydrogen-bond donors (Lipinski definition) is 2. The molecule has 0 bridgehead atoms. The van der Waals surface area contributed by atoms with Crippen LogP contribution in [-0.4, -0.2) is 61.1 Å². The van der Waals surface area contributed by atoms with E-state index in [1.807, 2.05) is 18.2 Å². The molecule has 4 rings (SSSR count). The fourth-order valence-electron chi connectivity index (χ4n) is 4.30. The number of rotatable bonds is 7. The van der Waals surface area contributed by atoms with E-state index in [0.717, 1.165) is 32.7 Å². The maximum absolute atomic E-state index is 13.9. The normalized spacial score (nSPS) is 19.7.